The van der Waals surface area contributed by atoms with E-state index >= 15 is 0 Å². The van der Waals surface area contributed by atoms with Crippen LogP contribution < -0.4 is 16.4 Å². The van der Waals surface area contributed by atoms with Crippen LogP contribution in [0.2, 0.25) is 0 Å². The number of nitrogens with two attached hydrogens (primary N) is 1. The van der Waals surface area contributed by atoms with Crippen LogP contribution in [0.3, 0.4) is 0 Å². The summed E-state index contributed by atoms with van der Waals surface area (Å²) in [6.07, 6.45) is 6.12. The predicted molar refractivity (Wildman–Crippen MR) is 58.1 cm³/mol. The van der Waals surface area contributed by atoms with Crippen LogP contribution in [0.5, 0.6) is 0 Å². The van der Waals surface area contributed by atoms with Crippen LogP contribution in [-0.2, 0) is 0 Å². The Morgan fingerprint density at radius 2 is 2.08 bits per heavy atom. The molecule has 0 saturated heterocycles. The summed E-state index contributed by atoms with van der Waals surface area (Å²) in [6.45, 7) is 2.71. The Morgan fingerprint density at radius 3 is 2.69 bits per heavy atom. The van der Waals surface area contributed by atoms with Gasteiger partial charge in [-0.25, -0.2) is 0 Å². The summed E-state index contributed by atoms with van der Waals surface area (Å²) in [7, 11) is 0. The molecule has 0 bridgehead atoms. The summed E-state index contributed by atoms with van der Waals surface area (Å²) in [5.41, 5.74) is 5.40. The summed E-state index contributed by atoms with van der Waals surface area (Å²) >= 11 is 4.99. The van der Waals surface area contributed by atoms with E-state index in [1.807, 2.05) is 13.0 Å². The molecule has 0 spiro atoms. The smallest absolute Gasteiger partial charge is 0.175 e. The first-order valence-electron chi connectivity index (χ1n) is 4.43. The standard InChI is InChI=1S/C9H15N3S/c1-2-7-8(5-3-4-6-10)12-9(13)11-7/h2,5H,3-4,6,10H2,1H3,(H2,11,12,13). The highest BCUT2D eigenvalue weighted by atomic mass is 32.1. The minimum absolute atomic E-state index is 0.673. The van der Waals surface area contributed by atoms with Gasteiger partial charge in [0.25, 0.3) is 0 Å². The number of hydrogen-bond acceptors (Lipinski definition) is 2. The zero-order valence-electron chi connectivity index (χ0n) is 7.76. The molecule has 1 heterocycles. The summed E-state index contributed by atoms with van der Waals surface area (Å²) in [5.74, 6) is 0. The van der Waals surface area contributed by atoms with E-state index in [0.717, 1.165) is 30.1 Å². The van der Waals surface area contributed by atoms with Crippen LogP contribution in [0, 0.1) is 4.77 Å². The molecule has 0 amide bonds. The van der Waals surface area contributed by atoms with Gasteiger partial charge >= 0.3 is 0 Å². The van der Waals surface area contributed by atoms with E-state index in [9.17, 15) is 0 Å². The summed E-state index contributed by atoms with van der Waals surface area (Å²) in [5, 5.41) is 2.13. The number of imidazole rings is 1. The highest BCUT2D eigenvalue weighted by molar-refractivity contribution is 7.71. The highest BCUT2D eigenvalue weighted by Gasteiger charge is 1.86. The van der Waals surface area contributed by atoms with Gasteiger partial charge in [-0.2, -0.15) is 0 Å². The van der Waals surface area contributed by atoms with Crippen molar-refractivity contribution in [2.75, 3.05) is 6.54 Å². The molecule has 0 aliphatic rings. The Morgan fingerprint density at radius 1 is 1.38 bits per heavy atom. The fourth-order valence-electron chi connectivity index (χ4n) is 1.16. The molecule has 1 rings (SSSR count). The average Bonchev–Trinajstić information content (AvgIpc) is 2.47. The molecule has 4 heteroatoms. The third-order valence-electron chi connectivity index (χ3n) is 1.83. The Labute approximate surface area is 82.4 Å². The minimum Gasteiger partial charge on any atom is -0.331 e. The van der Waals surface area contributed by atoms with E-state index < -0.39 is 0 Å². The molecule has 1 aromatic rings. The number of unbranched alkanes of at least 4 members (excludes halogenated alkanes) is 1. The molecule has 0 saturated carbocycles. The first-order valence-corrected chi connectivity index (χ1v) is 4.83. The average molecular weight is 197 g/mol. The van der Waals surface area contributed by atoms with Gasteiger partial charge in [0.15, 0.2) is 4.77 Å². The lowest BCUT2D eigenvalue weighted by Crippen LogP contribution is -2.23. The van der Waals surface area contributed by atoms with Crippen molar-refractivity contribution >= 4 is 24.4 Å². The SMILES string of the molecule is CC=c1[nH]c(=S)[nH]c1=CCCCN. The molecular weight excluding hydrogens is 182 g/mol. The number of aromatic nitrogens is 2. The number of aromatic amines is 2. The number of rotatable bonds is 3. The van der Waals surface area contributed by atoms with Crippen LogP contribution in [0.4, 0.5) is 0 Å². The second kappa shape index (κ2) is 4.99. The van der Waals surface area contributed by atoms with Crippen LogP contribution in [0.1, 0.15) is 19.8 Å². The zero-order chi connectivity index (χ0) is 9.68. The topological polar surface area (TPSA) is 57.6 Å². The first kappa shape index (κ1) is 10.2. The van der Waals surface area contributed by atoms with Gasteiger partial charge in [0.05, 0.1) is 10.7 Å². The molecule has 0 unspecified atom stereocenters. The fourth-order valence-corrected chi connectivity index (χ4v) is 1.38. The summed E-state index contributed by atoms with van der Waals surface area (Å²) in [4.78, 5) is 6.15. The molecule has 0 aromatic carbocycles. The molecule has 0 radical (unpaired) electrons. The Kier molecular flexibility index (Phi) is 3.92. The second-order valence-corrected chi connectivity index (χ2v) is 3.24. The van der Waals surface area contributed by atoms with E-state index in [1.165, 1.54) is 0 Å². The van der Waals surface area contributed by atoms with Gasteiger partial charge in [0.2, 0.25) is 0 Å². The summed E-state index contributed by atoms with van der Waals surface area (Å²) < 4.78 is 0.673. The van der Waals surface area contributed by atoms with Crippen LogP contribution >= 0.6 is 12.2 Å². The first-order chi connectivity index (χ1) is 6.27. The lowest BCUT2D eigenvalue weighted by molar-refractivity contribution is 0.874. The van der Waals surface area contributed by atoms with Gasteiger partial charge in [-0.15, -0.1) is 0 Å². The zero-order valence-corrected chi connectivity index (χ0v) is 8.58. The van der Waals surface area contributed by atoms with E-state index in [-0.39, 0.29) is 0 Å². The molecule has 3 nitrogen and oxygen atoms in total. The lowest BCUT2D eigenvalue weighted by atomic mass is 10.3. The van der Waals surface area contributed by atoms with Crippen molar-refractivity contribution in [3.63, 3.8) is 0 Å². The van der Waals surface area contributed by atoms with Crippen molar-refractivity contribution in [3.8, 4) is 0 Å². The quantitative estimate of drug-likeness (QED) is 0.485. The lowest BCUT2D eigenvalue weighted by Gasteiger charge is -1.86. The van der Waals surface area contributed by atoms with E-state index in [1.54, 1.807) is 0 Å². The molecule has 0 aliphatic carbocycles. The van der Waals surface area contributed by atoms with Gasteiger partial charge < -0.3 is 15.7 Å². The van der Waals surface area contributed by atoms with Gasteiger partial charge in [-0.05, 0) is 38.5 Å². The van der Waals surface area contributed by atoms with E-state index in [4.69, 9.17) is 18.0 Å². The molecule has 4 N–H and O–H groups in total. The molecule has 72 valence electrons. The van der Waals surface area contributed by atoms with Crippen molar-refractivity contribution in [1.82, 2.24) is 9.97 Å². The van der Waals surface area contributed by atoms with Crippen molar-refractivity contribution in [2.24, 2.45) is 5.73 Å². The third kappa shape index (κ3) is 2.82. The summed E-state index contributed by atoms with van der Waals surface area (Å²) in [6, 6.07) is 0. The normalized spacial score (nSPS) is 14.0. The van der Waals surface area contributed by atoms with Gasteiger partial charge in [-0.1, -0.05) is 12.2 Å². The third-order valence-corrected chi connectivity index (χ3v) is 2.04. The fraction of sp³-hybridized carbons (Fsp3) is 0.444. The van der Waals surface area contributed by atoms with Crippen LogP contribution in [-0.4, -0.2) is 16.5 Å². The molecule has 0 fully saturated rings. The largest absolute Gasteiger partial charge is 0.331 e. The molecule has 0 aliphatic heterocycles. The molecule has 13 heavy (non-hydrogen) atoms. The van der Waals surface area contributed by atoms with E-state index in [2.05, 4.69) is 16.0 Å². The van der Waals surface area contributed by atoms with Gasteiger partial charge in [0.1, 0.15) is 0 Å². The maximum absolute atomic E-state index is 5.40. The molecule has 0 atom stereocenters. The molecule has 1 aromatic heterocycles. The maximum Gasteiger partial charge on any atom is 0.175 e. The second-order valence-electron chi connectivity index (χ2n) is 2.83. The number of H-pyrrole nitrogens is 2. The van der Waals surface area contributed by atoms with Crippen molar-refractivity contribution in [2.45, 2.75) is 19.8 Å². The Balaban J connectivity index is 3.00. The predicted octanol–water partition coefficient (Wildman–Crippen LogP) is 0.392. The van der Waals surface area contributed by atoms with Crippen LogP contribution in [0.15, 0.2) is 0 Å². The monoisotopic (exact) mass is 197 g/mol. The maximum atomic E-state index is 5.40. The number of hydrogen-bond donors (Lipinski definition) is 3. The van der Waals surface area contributed by atoms with Crippen LogP contribution in [0.25, 0.3) is 12.2 Å². The van der Waals surface area contributed by atoms with Crippen molar-refractivity contribution < 1.29 is 0 Å². The highest BCUT2D eigenvalue weighted by Crippen LogP contribution is 1.84. The van der Waals surface area contributed by atoms with Gasteiger partial charge in [0, 0.05) is 0 Å². The minimum atomic E-state index is 0.673. The van der Waals surface area contributed by atoms with E-state index in [0.29, 0.717) is 4.77 Å². The van der Waals surface area contributed by atoms with Gasteiger partial charge in [-0.3, -0.25) is 0 Å². The van der Waals surface area contributed by atoms with Crippen molar-refractivity contribution in [1.29, 1.82) is 0 Å². The number of nitrogens with one attached hydrogen (secondary N) is 2. The Bertz CT molecular complexity index is 413. The van der Waals surface area contributed by atoms with Crippen molar-refractivity contribution in [3.05, 3.63) is 15.5 Å². The Hall–Kier alpha value is -0.870. The molecular formula is C9H15N3S.